The predicted molar refractivity (Wildman–Crippen MR) is 130 cm³/mol. The SMILES string of the molecule is CC(OC(=O)CCCN=C1NS(=O)(=O)c2ccccc21)C(=O)N1c2ccccc2NC(=O)C1(C)C. The van der Waals surface area contributed by atoms with Gasteiger partial charge in [-0.3, -0.25) is 29.0 Å². The van der Waals surface area contributed by atoms with Crippen LogP contribution in [-0.2, 0) is 29.1 Å². The van der Waals surface area contributed by atoms with Gasteiger partial charge in [-0.05, 0) is 51.5 Å². The van der Waals surface area contributed by atoms with Crippen LogP contribution in [0.4, 0.5) is 11.4 Å². The molecule has 4 rings (SSSR count). The summed E-state index contributed by atoms with van der Waals surface area (Å²) in [4.78, 5) is 44.0. The minimum Gasteiger partial charge on any atom is -0.453 e. The highest BCUT2D eigenvalue weighted by Gasteiger charge is 2.45. The molecule has 2 aromatic carbocycles. The zero-order chi connectivity index (χ0) is 25.4. The number of sulfonamides is 1. The normalized spacial score (nSPS) is 19.2. The Bertz CT molecular complexity index is 1340. The standard InChI is InChI=1S/C24H26N4O6S/c1-15(22(30)28-18-11-6-5-10-17(18)26-23(31)24(28,2)3)34-20(29)13-8-14-25-21-16-9-4-7-12-19(16)35(32,33)27-21/h4-7,9-12,15H,8,13-14H2,1-3H3,(H,25,27)(H,26,31). The highest BCUT2D eigenvalue weighted by Crippen LogP contribution is 2.37. The lowest BCUT2D eigenvalue weighted by atomic mass is 9.95. The van der Waals surface area contributed by atoms with Gasteiger partial charge in [0.2, 0.25) is 5.91 Å². The van der Waals surface area contributed by atoms with E-state index in [0.717, 1.165) is 0 Å². The number of rotatable bonds is 6. The second-order valence-corrected chi connectivity index (χ2v) is 10.4. The van der Waals surface area contributed by atoms with E-state index in [9.17, 15) is 22.8 Å². The summed E-state index contributed by atoms with van der Waals surface area (Å²) in [7, 11) is -3.62. The van der Waals surface area contributed by atoms with Crippen molar-refractivity contribution in [3.63, 3.8) is 0 Å². The molecule has 2 N–H and O–H groups in total. The van der Waals surface area contributed by atoms with Crippen molar-refractivity contribution in [1.29, 1.82) is 0 Å². The third-order valence-electron chi connectivity index (χ3n) is 5.86. The highest BCUT2D eigenvalue weighted by atomic mass is 32.2. The number of hydrogen-bond donors (Lipinski definition) is 2. The van der Waals surface area contributed by atoms with E-state index in [4.69, 9.17) is 4.74 Å². The lowest BCUT2D eigenvalue weighted by Crippen LogP contribution is -2.60. The van der Waals surface area contributed by atoms with Gasteiger partial charge in [-0.1, -0.05) is 24.3 Å². The van der Waals surface area contributed by atoms with Crippen LogP contribution < -0.4 is 14.9 Å². The Hall–Kier alpha value is -3.73. The van der Waals surface area contributed by atoms with Crippen LogP contribution in [0.3, 0.4) is 0 Å². The first-order valence-corrected chi connectivity index (χ1v) is 12.6. The van der Waals surface area contributed by atoms with Gasteiger partial charge in [0.05, 0.1) is 16.3 Å². The second-order valence-electron chi connectivity index (χ2n) is 8.77. The first-order valence-electron chi connectivity index (χ1n) is 11.1. The molecule has 0 saturated carbocycles. The van der Waals surface area contributed by atoms with Gasteiger partial charge in [0.15, 0.2) is 6.10 Å². The number of esters is 1. The summed E-state index contributed by atoms with van der Waals surface area (Å²) in [6, 6.07) is 13.4. The largest absolute Gasteiger partial charge is 0.453 e. The number of nitrogens with one attached hydrogen (secondary N) is 2. The quantitative estimate of drug-likeness (QED) is 0.463. The zero-order valence-corrected chi connectivity index (χ0v) is 20.4. The Morgan fingerprint density at radius 3 is 2.57 bits per heavy atom. The summed E-state index contributed by atoms with van der Waals surface area (Å²) in [6.45, 7) is 4.91. The number of para-hydroxylation sites is 2. The molecular formula is C24H26N4O6S. The highest BCUT2D eigenvalue weighted by molar-refractivity contribution is 7.90. The molecule has 11 heteroatoms. The van der Waals surface area contributed by atoms with Crippen LogP contribution in [0.25, 0.3) is 0 Å². The number of amidine groups is 1. The van der Waals surface area contributed by atoms with E-state index < -0.39 is 33.5 Å². The Morgan fingerprint density at radius 1 is 1.11 bits per heavy atom. The van der Waals surface area contributed by atoms with Crippen LogP contribution in [-0.4, -0.2) is 50.2 Å². The number of nitrogens with zero attached hydrogens (tertiary/aromatic N) is 2. The number of amides is 2. The molecular weight excluding hydrogens is 472 g/mol. The molecule has 2 aliphatic heterocycles. The Morgan fingerprint density at radius 2 is 1.80 bits per heavy atom. The molecule has 0 aromatic heterocycles. The monoisotopic (exact) mass is 498 g/mol. The third-order valence-corrected chi connectivity index (χ3v) is 7.25. The fraction of sp³-hybridized carbons (Fsp3) is 0.333. The van der Waals surface area contributed by atoms with Crippen molar-refractivity contribution in [2.45, 2.75) is 50.2 Å². The maximum atomic E-state index is 13.2. The van der Waals surface area contributed by atoms with Crippen LogP contribution in [0.1, 0.15) is 39.2 Å². The van der Waals surface area contributed by atoms with Crippen LogP contribution in [0, 0.1) is 0 Å². The third kappa shape index (κ3) is 4.63. The lowest BCUT2D eigenvalue weighted by molar-refractivity contribution is -0.154. The van der Waals surface area contributed by atoms with Gasteiger partial charge in [0.25, 0.3) is 15.9 Å². The Kier molecular flexibility index (Phi) is 6.37. The van der Waals surface area contributed by atoms with Crippen molar-refractivity contribution >= 4 is 45.0 Å². The molecule has 1 atom stereocenters. The van der Waals surface area contributed by atoms with Gasteiger partial charge >= 0.3 is 5.97 Å². The van der Waals surface area contributed by atoms with Gasteiger partial charge in [-0.15, -0.1) is 0 Å². The van der Waals surface area contributed by atoms with E-state index in [1.165, 1.54) is 17.9 Å². The molecule has 184 valence electrons. The number of benzene rings is 2. The molecule has 0 spiro atoms. The number of fused-ring (bicyclic) bond motifs is 2. The van der Waals surface area contributed by atoms with Crippen molar-refractivity contribution in [1.82, 2.24) is 4.72 Å². The molecule has 0 saturated heterocycles. The molecule has 1 unspecified atom stereocenters. The van der Waals surface area contributed by atoms with Crippen molar-refractivity contribution < 1.29 is 27.5 Å². The zero-order valence-electron chi connectivity index (χ0n) is 19.6. The number of anilines is 2. The molecule has 2 amide bonds. The summed E-state index contributed by atoms with van der Waals surface area (Å²) in [5.41, 5.74) is 0.349. The van der Waals surface area contributed by atoms with Gasteiger partial charge < -0.3 is 10.1 Å². The number of aliphatic imine (C=N–C) groups is 1. The fourth-order valence-corrected chi connectivity index (χ4v) is 5.25. The average Bonchev–Trinajstić information content (AvgIpc) is 3.07. The summed E-state index contributed by atoms with van der Waals surface area (Å²) in [5, 5.41) is 2.79. The van der Waals surface area contributed by atoms with Crippen LogP contribution in [0.5, 0.6) is 0 Å². The molecule has 0 bridgehead atoms. The first-order chi connectivity index (χ1) is 16.5. The minimum atomic E-state index is -3.62. The Balaban J connectivity index is 1.36. The lowest BCUT2D eigenvalue weighted by Gasteiger charge is -2.42. The van der Waals surface area contributed by atoms with Gasteiger partial charge in [-0.25, -0.2) is 8.42 Å². The van der Waals surface area contributed by atoms with Crippen molar-refractivity contribution in [2.24, 2.45) is 4.99 Å². The average molecular weight is 499 g/mol. The smallest absolute Gasteiger partial charge is 0.306 e. The van der Waals surface area contributed by atoms with E-state index in [-0.39, 0.29) is 29.6 Å². The first kappa shape index (κ1) is 24.4. The van der Waals surface area contributed by atoms with Crippen molar-refractivity contribution in [3.05, 3.63) is 54.1 Å². The van der Waals surface area contributed by atoms with E-state index in [0.29, 0.717) is 23.4 Å². The predicted octanol–water partition coefficient (Wildman–Crippen LogP) is 2.20. The summed E-state index contributed by atoms with van der Waals surface area (Å²) >= 11 is 0. The summed E-state index contributed by atoms with van der Waals surface area (Å²) in [5.74, 6) is -1.21. The molecule has 10 nitrogen and oxygen atoms in total. The topological polar surface area (TPSA) is 134 Å². The van der Waals surface area contributed by atoms with Crippen LogP contribution in [0.2, 0.25) is 0 Å². The summed E-state index contributed by atoms with van der Waals surface area (Å²) < 4.78 is 32.0. The molecule has 2 heterocycles. The maximum absolute atomic E-state index is 13.2. The molecule has 0 radical (unpaired) electrons. The van der Waals surface area contributed by atoms with Gasteiger partial charge in [-0.2, -0.15) is 0 Å². The molecule has 2 aliphatic rings. The molecule has 0 aliphatic carbocycles. The number of carbonyl (C=O) groups is 3. The number of ether oxygens (including phenoxy) is 1. The van der Waals surface area contributed by atoms with Crippen molar-refractivity contribution in [3.8, 4) is 0 Å². The minimum absolute atomic E-state index is 0.0107. The van der Waals surface area contributed by atoms with Crippen LogP contribution in [0.15, 0.2) is 58.4 Å². The number of hydrogen-bond acceptors (Lipinski definition) is 7. The molecule has 35 heavy (non-hydrogen) atoms. The Labute approximate surface area is 203 Å². The van der Waals surface area contributed by atoms with Crippen molar-refractivity contribution in [2.75, 3.05) is 16.8 Å². The van der Waals surface area contributed by atoms with Crippen LogP contribution >= 0.6 is 0 Å². The van der Waals surface area contributed by atoms with Gasteiger partial charge in [0, 0.05) is 18.5 Å². The molecule has 2 aromatic rings. The van der Waals surface area contributed by atoms with Gasteiger partial charge in [0.1, 0.15) is 11.4 Å². The van der Waals surface area contributed by atoms with E-state index in [1.807, 2.05) is 0 Å². The second kappa shape index (κ2) is 9.14. The fourth-order valence-electron chi connectivity index (χ4n) is 4.00. The summed E-state index contributed by atoms with van der Waals surface area (Å²) in [6.07, 6.45) is -0.822. The number of carbonyl (C=O) groups excluding carboxylic acids is 3. The molecule has 0 fully saturated rings. The maximum Gasteiger partial charge on any atom is 0.306 e. The van der Waals surface area contributed by atoms with E-state index in [2.05, 4.69) is 15.0 Å². The van der Waals surface area contributed by atoms with E-state index in [1.54, 1.807) is 56.3 Å². The van der Waals surface area contributed by atoms with E-state index >= 15 is 0 Å².